The van der Waals surface area contributed by atoms with E-state index < -0.39 is 5.97 Å². The lowest BCUT2D eigenvalue weighted by Gasteiger charge is -2.12. The highest BCUT2D eigenvalue weighted by atomic mass is 32.1. The van der Waals surface area contributed by atoms with Gasteiger partial charge in [-0.1, -0.05) is 12.1 Å². The number of ether oxygens (including phenoxy) is 1. The smallest absolute Gasteiger partial charge is 0.228 e. The summed E-state index contributed by atoms with van der Waals surface area (Å²) < 4.78 is 5.64. The van der Waals surface area contributed by atoms with E-state index in [1.807, 2.05) is 32.9 Å². The van der Waals surface area contributed by atoms with Crippen LogP contribution in [0.1, 0.15) is 32.2 Å². The van der Waals surface area contributed by atoms with Crippen LogP contribution in [0.15, 0.2) is 17.5 Å². The molecule has 0 aliphatic heterocycles. The Balaban J connectivity index is 2.06. The van der Waals surface area contributed by atoms with Gasteiger partial charge in [-0.05, 0) is 37.5 Å². The summed E-state index contributed by atoms with van der Waals surface area (Å²) in [5.74, 6) is -0.777. The number of aryl methyl sites for hydroxylation is 2. The predicted octanol–water partition coefficient (Wildman–Crippen LogP) is 1.62. The van der Waals surface area contributed by atoms with Gasteiger partial charge in [0.05, 0.1) is 5.69 Å². The normalized spacial score (nSPS) is 10.5. The van der Waals surface area contributed by atoms with Crippen LogP contribution in [0.3, 0.4) is 0 Å². The van der Waals surface area contributed by atoms with Crippen LogP contribution < -0.4 is 9.84 Å². The molecule has 0 aliphatic rings. The molecule has 0 saturated heterocycles. The molecule has 0 spiro atoms. The zero-order chi connectivity index (χ0) is 16.3. The maximum absolute atomic E-state index is 12.1. The SMILES string of the molecule is Cc1ccc(C)c(OCC(=O)c2nc(CC(=O)[O-])cs2)c1C. The second-order valence-electron chi connectivity index (χ2n) is 5.06. The molecule has 1 aromatic carbocycles. The Morgan fingerprint density at radius 3 is 2.59 bits per heavy atom. The average molecular weight is 318 g/mol. The molecular weight excluding hydrogens is 302 g/mol. The zero-order valence-corrected chi connectivity index (χ0v) is 13.5. The molecule has 0 bridgehead atoms. The summed E-state index contributed by atoms with van der Waals surface area (Å²) in [4.78, 5) is 26.6. The molecule has 0 fully saturated rings. The third-order valence-corrected chi connectivity index (χ3v) is 4.27. The van der Waals surface area contributed by atoms with Gasteiger partial charge >= 0.3 is 0 Å². The number of Topliss-reactive ketones (excluding diaryl/α,β-unsaturated/α-hetero) is 1. The van der Waals surface area contributed by atoms with E-state index in [-0.39, 0.29) is 23.8 Å². The molecule has 1 heterocycles. The van der Waals surface area contributed by atoms with Crippen LogP contribution in [0, 0.1) is 20.8 Å². The predicted molar refractivity (Wildman–Crippen MR) is 81.3 cm³/mol. The van der Waals surface area contributed by atoms with Crippen molar-refractivity contribution in [1.29, 1.82) is 0 Å². The van der Waals surface area contributed by atoms with E-state index in [2.05, 4.69) is 4.98 Å². The summed E-state index contributed by atoms with van der Waals surface area (Å²) >= 11 is 1.11. The van der Waals surface area contributed by atoms with Crippen LogP contribution in [0.5, 0.6) is 5.75 Å². The number of benzene rings is 1. The highest BCUT2D eigenvalue weighted by Crippen LogP contribution is 2.26. The maximum atomic E-state index is 12.1. The van der Waals surface area contributed by atoms with Crippen LogP contribution in [0.4, 0.5) is 0 Å². The molecular formula is C16H16NO4S-. The van der Waals surface area contributed by atoms with Crippen LogP contribution in [0.25, 0.3) is 0 Å². The highest BCUT2D eigenvalue weighted by molar-refractivity contribution is 7.11. The number of ketones is 1. The van der Waals surface area contributed by atoms with Crippen molar-refractivity contribution < 1.29 is 19.4 Å². The third-order valence-electron chi connectivity index (χ3n) is 3.34. The third kappa shape index (κ3) is 3.71. The summed E-state index contributed by atoms with van der Waals surface area (Å²) in [7, 11) is 0. The molecule has 6 heteroatoms. The Morgan fingerprint density at radius 1 is 1.23 bits per heavy atom. The van der Waals surface area contributed by atoms with Crippen molar-refractivity contribution in [2.45, 2.75) is 27.2 Å². The minimum absolute atomic E-state index is 0.122. The van der Waals surface area contributed by atoms with E-state index in [1.165, 1.54) is 0 Å². The topological polar surface area (TPSA) is 79.3 Å². The van der Waals surface area contributed by atoms with Crippen molar-refractivity contribution in [2.75, 3.05) is 6.61 Å². The first-order valence-corrected chi connectivity index (χ1v) is 7.63. The lowest BCUT2D eigenvalue weighted by Crippen LogP contribution is -2.24. The Kier molecular flexibility index (Phi) is 4.92. The van der Waals surface area contributed by atoms with Crippen LogP contribution in [-0.2, 0) is 11.2 Å². The second kappa shape index (κ2) is 6.70. The average Bonchev–Trinajstić information content (AvgIpc) is 2.90. The fourth-order valence-electron chi connectivity index (χ4n) is 2.01. The number of carboxylic acid groups (broad SMARTS) is 1. The van der Waals surface area contributed by atoms with Gasteiger partial charge < -0.3 is 14.6 Å². The van der Waals surface area contributed by atoms with Gasteiger partial charge in [-0.15, -0.1) is 11.3 Å². The first kappa shape index (κ1) is 16.2. The fourth-order valence-corrected chi connectivity index (χ4v) is 2.76. The van der Waals surface area contributed by atoms with Gasteiger partial charge in [0.2, 0.25) is 5.78 Å². The van der Waals surface area contributed by atoms with Crippen LogP contribution in [-0.4, -0.2) is 23.3 Å². The molecule has 1 aromatic heterocycles. The summed E-state index contributed by atoms with van der Waals surface area (Å²) in [5, 5.41) is 12.3. The zero-order valence-electron chi connectivity index (χ0n) is 12.6. The summed E-state index contributed by atoms with van der Waals surface area (Å²) in [5.41, 5.74) is 3.40. The molecule has 0 aliphatic carbocycles. The van der Waals surface area contributed by atoms with Crippen molar-refractivity contribution in [1.82, 2.24) is 4.98 Å². The molecule has 0 N–H and O–H groups in total. The van der Waals surface area contributed by atoms with Crippen molar-refractivity contribution in [3.8, 4) is 5.75 Å². The standard InChI is InChI=1S/C16H17NO4S/c1-9-4-5-10(2)15(11(9)3)21-7-13(18)16-17-12(8-22-16)6-14(19)20/h4-5,8H,6-7H2,1-3H3,(H,19,20)/p-1. The van der Waals surface area contributed by atoms with Gasteiger partial charge in [0, 0.05) is 17.8 Å². The molecule has 0 amide bonds. The Bertz CT molecular complexity index is 721. The first-order chi connectivity index (χ1) is 10.4. The van der Waals surface area contributed by atoms with Crippen molar-refractivity contribution in [3.63, 3.8) is 0 Å². The molecule has 5 nitrogen and oxygen atoms in total. The monoisotopic (exact) mass is 318 g/mol. The van der Waals surface area contributed by atoms with Crippen molar-refractivity contribution in [2.24, 2.45) is 0 Å². The molecule has 22 heavy (non-hydrogen) atoms. The fraction of sp³-hybridized carbons (Fsp3) is 0.312. The summed E-state index contributed by atoms with van der Waals surface area (Å²) in [6, 6.07) is 3.95. The number of nitrogens with zero attached hydrogens (tertiary/aromatic N) is 1. The van der Waals surface area contributed by atoms with E-state index in [9.17, 15) is 14.7 Å². The quantitative estimate of drug-likeness (QED) is 0.756. The first-order valence-electron chi connectivity index (χ1n) is 6.75. The summed E-state index contributed by atoms with van der Waals surface area (Å²) in [6.45, 7) is 5.73. The minimum Gasteiger partial charge on any atom is -0.550 e. The summed E-state index contributed by atoms with van der Waals surface area (Å²) in [6.07, 6.45) is -0.291. The molecule has 2 aromatic rings. The molecule has 116 valence electrons. The number of aromatic nitrogens is 1. The maximum Gasteiger partial charge on any atom is 0.228 e. The number of rotatable bonds is 6. The van der Waals surface area contributed by atoms with Gasteiger partial charge in [-0.3, -0.25) is 4.79 Å². The minimum atomic E-state index is -1.22. The lowest BCUT2D eigenvalue weighted by atomic mass is 10.1. The lowest BCUT2D eigenvalue weighted by molar-refractivity contribution is -0.304. The highest BCUT2D eigenvalue weighted by Gasteiger charge is 2.14. The van der Waals surface area contributed by atoms with Gasteiger partial charge in [0.15, 0.2) is 11.6 Å². The van der Waals surface area contributed by atoms with Crippen LogP contribution in [0.2, 0.25) is 0 Å². The van der Waals surface area contributed by atoms with Gasteiger partial charge in [0.1, 0.15) is 5.75 Å². The number of hydrogen-bond acceptors (Lipinski definition) is 6. The number of aliphatic carboxylic acids is 1. The number of carbonyl (C=O) groups excluding carboxylic acids is 2. The van der Waals surface area contributed by atoms with Gasteiger partial charge in [-0.25, -0.2) is 4.98 Å². The molecule has 0 atom stereocenters. The van der Waals surface area contributed by atoms with Gasteiger partial charge in [-0.2, -0.15) is 0 Å². The molecule has 0 radical (unpaired) electrons. The molecule has 2 rings (SSSR count). The second-order valence-corrected chi connectivity index (χ2v) is 5.92. The van der Waals surface area contributed by atoms with E-state index in [1.54, 1.807) is 5.38 Å². The van der Waals surface area contributed by atoms with E-state index >= 15 is 0 Å². The number of thiazole rings is 1. The Hall–Kier alpha value is -2.21. The molecule has 0 saturated carbocycles. The largest absolute Gasteiger partial charge is 0.550 e. The van der Waals surface area contributed by atoms with E-state index in [0.29, 0.717) is 11.4 Å². The number of hydrogen-bond donors (Lipinski definition) is 0. The van der Waals surface area contributed by atoms with E-state index in [4.69, 9.17) is 4.74 Å². The Morgan fingerprint density at radius 2 is 1.91 bits per heavy atom. The Labute approximate surface area is 132 Å². The molecule has 0 unspecified atom stereocenters. The number of carbonyl (C=O) groups is 2. The van der Waals surface area contributed by atoms with Crippen molar-refractivity contribution >= 4 is 23.1 Å². The number of carboxylic acids is 1. The van der Waals surface area contributed by atoms with Crippen molar-refractivity contribution in [3.05, 3.63) is 44.9 Å². The van der Waals surface area contributed by atoms with Gasteiger partial charge in [0.25, 0.3) is 0 Å². The van der Waals surface area contributed by atoms with E-state index in [0.717, 1.165) is 28.0 Å². The van der Waals surface area contributed by atoms with Crippen LogP contribution >= 0.6 is 11.3 Å².